The minimum atomic E-state index is -0.336. The Kier molecular flexibility index (Phi) is 4.14. The lowest BCUT2D eigenvalue weighted by molar-refractivity contribution is 0.0609. The van der Waals surface area contributed by atoms with Crippen LogP contribution in [0.4, 0.5) is 15.8 Å². The summed E-state index contributed by atoms with van der Waals surface area (Å²) in [5.74, 6) is -0.399. The molecular formula is C14H13FIN3OS. The van der Waals surface area contributed by atoms with E-state index in [1.54, 1.807) is 16.3 Å². The van der Waals surface area contributed by atoms with Gasteiger partial charge in [-0.3, -0.25) is 4.79 Å². The molecule has 2 aromatic rings. The monoisotopic (exact) mass is 417 g/mol. The fourth-order valence-corrected chi connectivity index (χ4v) is 3.35. The lowest BCUT2D eigenvalue weighted by atomic mass is 10.1. The van der Waals surface area contributed by atoms with Crippen molar-refractivity contribution in [1.29, 1.82) is 0 Å². The van der Waals surface area contributed by atoms with Gasteiger partial charge in [-0.05, 0) is 40.8 Å². The lowest BCUT2D eigenvalue weighted by Gasteiger charge is -2.36. The van der Waals surface area contributed by atoms with E-state index in [1.165, 1.54) is 17.4 Å². The average Bonchev–Trinajstić information content (AvgIpc) is 2.86. The van der Waals surface area contributed by atoms with Crippen LogP contribution in [0.5, 0.6) is 0 Å². The molecule has 0 saturated carbocycles. The SMILES string of the molecule is NC1CN(C(=O)c2cscc2Nc2ccc(I)cc2F)C1. The first-order chi connectivity index (χ1) is 10.0. The number of likely N-dealkylation sites (tertiary alicyclic amines) is 1. The minimum absolute atomic E-state index is 0.0635. The van der Waals surface area contributed by atoms with Crippen molar-refractivity contribution < 1.29 is 9.18 Å². The fraction of sp³-hybridized carbons (Fsp3) is 0.214. The van der Waals surface area contributed by atoms with Crippen molar-refractivity contribution in [2.45, 2.75) is 6.04 Å². The maximum atomic E-state index is 13.9. The van der Waals surface area contributed by atoms with Crippen molar-refractivity contribution >= 4 is 51.2 Å². The van der Waals surface area contributed by atoms with Gasteiger partial charge in [0.1, 0.15) is 5.82 Å². The molecule has 3 rings (SSSR count). The quantitative estimate of drug-likeness (QED) is 0.756. The Bertz CT molecular complexity index is 685. The van der Waals surface area contributed by atoms with Crippen LogP contribution in [0.15, 0.2) is 29.0 Å². The fourth-order valence-electron chi connectivity index (χ4n) is 2.14. The van der Waals surface area contributed by atoms with Gasteiger partial charge in [0.15, 0.2) is 0 Å². The Morgan fingerprint density at radius 2 is 2.14 bits per heavy atom. The number of halogens is 2. The summed E-state index contributed by atoms with van der Waals surface area (Å²) in [4.78, 5) is 14.0. The Hall–Kier alpha value is -1.19. The van der Waals surface area contributed by atoms with Crippen LogP contribution in [0.2, 0.25) is 0 Å². The van der Waals surface area contributed by atoms with E-state index in [2.05, 4.69) is 27.9 Å². The van der Waals surface area contributed by atoms with Crippen molar-refractivity contribution in [2.75, 3.05) is 18.4 Å². The van der Waals surface area contributed by atoms with Crippen LogP contribution < -0.4 is 11.1 Å². The molecule has 0 atom stereocenters. The molecule has 0 spiro atoms. The molecule has 0 unspecified atom stereocenters. The van der Waals surface area contributed by atoms with Gasteiger partial charge in [-0.15, -0.1) is 11.3 Å². The van der Waals surface area contributed by atoms with Crippen molar-refractivity contribution in [3.63, 3.8) is 0 Å². The number of benzene rings is 1. The number of rotatable bonds is 3. The molecular weight excluding hydrogens is 404 g/mol. The topological polar surface area (TPSA) is 58.4 Å². The second-order valence-corrected chi connectivity index (χ2v) is 6.91. The zero-order chi connectivity index (χ0) is 15.0. The van der Waals surface area contributed by atoms with Crippen LogP contribution in [0.3, 0.4) is 0 Å². The number of nitrogens with one attached hydrogen (secondary N) is 1. The molecule has 1 aromatic carbocycles. The number of thiophene rings is 1. The summed E-state index contributed by atoms with van der Waals surface area (Å²) in [6, 6.07) is 5.00. The van der Waals surface area contributed by atoms with Crippen LogP contribution in [-0.4, -0.2) is 29.9 Å². The number of anilines is 2. The largest absolute Gasteiger partial charge is 0.352 e. The first-order valence-corrected chi connectivity index (χ1v) is 8.40. The van der Waals surface area contributed by atoms with E-state index in [9.17, 15) is 9.18 Å². The van der Waals surface area contributed by atoms with Crippen molar-refractivity contribution in [1.82, 2.24) is 4.90 Å². The molecule has 110 valence electrons. The van der Waals surface area contributed by atoms with Gasteiger partial charge >= 0.3 is 0 Å². The van der Waals surface area contributed by atoms with Crippen LogP contribution in [0.1, 0.15) is 10.4 Å². The summed E-state index contributed by atoms with van der Waals surface area (Å²) < 4.78 is 14.7. The number of hydrogen-bond acceptors (Lipinski definition) is 4. The van der Waals surface area contributed by atoms with Gasteiger partial charge in [0.05, 0.1) is 16.9 Å². The van der Waals surface area contributed by atoms with Crippen LogP contribution >= 0.6 is 33.9 Å². The Balaban J connectivity index is 1.80. The maximum absolute atomic E-state index is 13.9. The highest BCUT2D eigenvalue weighted by molar-refractivity contribution is 14.1. The molecule has 0 bridgehead atoms. The smallest absolute Gasteiger partial charge is 0.256 e. The summed E-state index contributed by atoms with van der Waals surface area (Å²) in [5, 5.41) is 6.58. The number of carbonyl (C=O) groups excluding carboxylic acids is 1. The number of nitrogens with zero attached hydrogens (tertiary/aromatic N) is 1. The van der Waals surface area contributed by atoms with Gasteiger partial charge in [0.2, 0.25) is 0 Å². The van der Waals surface area contributed by atoms with Gasteiger partial charge in [-0.25, -0.2) is 4.39 Å². The molecule has 0 aliphatic carbocycles. The number of carbonyl (C=O) groups is 1. The van der Waals surface area contributed by atoms with E-state index in [0.717, 1.165) is 3.57 Å². The van der Waals surface area contributed by atoms with E-state index in [4.69, 9.17) is 5.73 Å². The highest BCUT2D eigenvalue weighted by atomic mass is 127. The minimum Gasteiger partial charge on any atom is -0.352 e. The third-order valence-corrected chi connectivity index (χ3v) is 4.70. The predicted octanol–water partition coefficient (Wildman–Crippen LogP) is 3.02. The highest BCUT2D eigenvalue weighted by Crippen LogP contribution is 2.29. The van der Waals surface area contributed by atoms with Gasteiger partial charge in [-0.2, -0.15) is 0 Å². The summed E-state index contributed by atoms with van der Waals surface area (Å²) in [7, 11) is 0. The van der Waals surface area contributed by atoms with Crippen LogP contribution in [0.25, 0.3) is 0 Å². The molecule has 1 aromatic heterocycles. The molecule has 0 radical (unpaired) electrons. The van der Waals surface area contributed by atoms with E-state index >= 15 is 0 Å². The van der Waals surface area contributed by atoms with Crippen LogP contribution in [-0.2, 0) is 0 Å². The number of hydrogen-bond donors (Lipinski definition) is 2. The molecule has 1 aliphatic heterocycles. The van der Waals surface area contributed by atoms with Crippen LogP contribution in [0, 0.1) is 9.39 Å². The lowest BCUT2D eigenvalue weighted by Crippen LogP contribution is -2.57. The summed E-state index contributed by atoms with van der Waals surface area (Å²) in [6.07, 6.45) is 0. The van der Waals surface area contributed by atoms with Crippen molar-refractivity contribution in [2.24, 2.45) is 5.73 Å². The molecule has 7 heteroatoms. The molecule has 1 aliphatic rings. The van der Waals surface area contributed by atoms with E-state index in [0.29, 0.717) is 30.0 Å². The third-order valence-electron chi connectivity index (χ3n) is 3.29. The van der Waals surface area contributed by atoms with E-state index in [-0.39, 0.29) is 17.8 Å². The summed E-state index contributed by atoms with van der Waals surface area (Å²) in [5.41, 5.74) is 7.25. The molecule has 1 saturated heterocycles. The second-order valence-electron chi connectivity index (χ2n) is 4.92. The molecule has 1 fully saturated rings. The summed E-state index contributed by atoms with van der Waals surface area (Å²) in [6.45, 7) is 1.15. The Labute approximate surface area is 139 Å². The molecule has 1 amide bonds. The Morgan fingerprint density at radius 1 is 1.38 bits per heavy atom. The van der Waals surface area contributed by atoms with E-state index in [1.807, 2.05) is 11.4 Å². The first kappa shape index (κ1) is 14.7. The second kappa shape index (κ2) is 5.90. The Morgan fingerprint density at radius 3 is 2.81 bits per heavy atom. The van der Waals surface area contributed by atoms with E-state index < -0.39 is 0 Å². The van der Waals surface area contributed by atoms with Gasteiger partial charge in [0.25, 0.3) is 5.91 Å². The zero-order valence-electron chi connectivity index (χ0n) is 11.0. The first-order valence-electron chi connectivity index (χ1n) is 6.37. The standard InChI is InChI=1S/C14H13FIN3OS/c15-11-3-8(16)1-2-12(11)18-13-7-21-6-10(13)14(20)19-4-9(17)5-19/h1-3,6-7,9,18H,4-5,17H2. The molecule has 2 heterocycles. The number of nitrogens with two attached hydrogens (primary N) is 1. The zero-order valence-corrected chi connectivity index (χ0v) is 13.9. The van der Waals surface area contributed by atoms with Gasteiger partial charge < -0.3 is 16.0 Å². The maximum Gasteiger partial charge on any atom is 0.256 e. The normalized spacial score (nSPS) is 14.9. The highest BCUT2D eigenvalue weighted by Gasteiger charge is 2.30. The predicted molar refractivity (Wildman–Crippen MR) is 90.6 cm³/mol. The van der Waals surface area contributed by atoms with Crippen molar-refractivity contribution in [3.05, 3.63) is 43.9 Å². The summed E-state index contributed by atoms with van der Waals surface area (Å²) >= 11 is 3.46. The van der Waals surface area contributed by atoms with Gasteiger partial charge in [0, 0.05) is 33.5 Å². The average molecular weight is 417 g/mol. The van der Waals surface area contributed by atoms with Gasteiger partial charge in [-0.1, -0.05) is 0 Å². The third kappa shape index (κ3) is 3.04. The molecule has 21 heavy (non-hydrogen) atoms. The number of amides is 1. The molecule has 3 N–H and O–H groups in total. The molecule has 4 nitrogen and oxygen atoms in total. The van der Waals surface area contributed by atoms with Crippen molar-refractivity contribution in [3.8, 4) is 0 Å².